The second-order valence-corrected chi connectivity index (χ2v) is 5.60. The molecule has 0 amide bonds. The predicted octanol–water partition coefficient (Wildman–Crippen LogP) is 3.72. The number of rotatable bonds is 7. The van der Waals surface area contributed by atoms with Crippen LogP contribution in [-0.4, -0.2) is 3.21 Å². The first-order chi connectivity index (χ1) is 5.72. The third-order valence-corrected chi connectivity index (χ3v) is 3.43. The molecule has 0 radical (unpaired) electrons. The van der Waals surface area contributed by atoms with Gasteiger partial charge in [0.05, 0.1) is 0 Å². The Bertz CT molecular complexity index is 110. The van der Waals surface area contributed by atoms with Gasteiger partial charge in [0.25, 0.3) is 0 Å². The van der Waals surface area contributed by atoms with Gasteiger partial charge in [-0.1, -0.05) is 0 Å². The summed E-state index contributed by atoms with van der Waals surface area (Å²) in [6, 6.07) is 0. The molecule has 0 atom stereocenters. The minimum absolute atomic E-state index is 0.947. The van der Waals surface area contributed by atoms with Crippen molar-refractivity contribution in [2.75, 3.05) is 0 Å². The minimum atomic E-state index is 0.947. The zero-order chi connectivity index (χ0) is 9.40. The Morgan fingerprint density at radius 3 is 1.75 bits per heavy atom. The van der Waals surface area contributed by atoms with Gasteiger partial charge in [0.1, 0.15) is 0 Å². The van der Waals surface area contributed by atoms with Gasteiger partial charge in [-0.15, -0.1) is 0 Å². The zero-order valence-corrected chi connectivity index (χ0v) is 11.3. The summed E-state index contributed by atoms with van der Waals surface area (Å²) in [6.07, 6.45) is 8.42. The molecular weight excluding hydrogens is 223 g/mol. The molecule has 0 saturated heterocycles. The van der Waals surface area contributed by atoms with E-state index in [9.17, 15) is 0 Å². The van der Waals surface area contributed by atoms with Crippen molar-refractivity contribution in [3.8, 4) is 0 Å². The quantitative estimate of drug-likeness (QED) is 0.641. The molecule has 0 aromatic rings. The number of hydrogen-bond donors (Lipinski definition) is 0. The van der Waals surface area contributed by atoms with Crippen LogP contribution in [0.2, 0.25) is 0 Å². The summed E-state index contributed by atoms with van der Waals surface area (Å²) in [5.41, 5.74) is 0. The predicted molar refractivity (Wildman–Crippen MR) is 53.2 cm³/mol. The molecule has 0 unspecified atom stereocenters. The summed E-state index contributed by atoms with van der Waals surface area (Å²) in [6.45, 7) is 6.90. The van der Waals surface area contributed by atoms with E-state index >= 15 is 0 Å². The molecule has 0 aliphatic carbocycles. The Morgan fingerprint density at radius 1 is 1.08 bits per heavy atom. The molecule has 0 rings (SSSR count). The Balaban J connectivity index is 3.62. The van der Waals surface area contributed by atoms with Crippen molar-refractivity contribution in [2.24, 2.45) is 5.92 Å². The van der Waals surface area contributed by atoms with Gasteiger partial charge in [0.2, 0.25) is 0 Å². The molecule has 0 aromatic carbocycles. The van der Waals surface area contributed by atoms with Crippen LogP contribution in [0.15, 0.2) is 0 Å². The maximum absolute atomic E-state index is 2.33. The van der Waals surface area contributed by atoms with Crippen molar-refractivity contribution in [1.29, 1.82) is 0 Å². The molecule has 0 aliphatic rings. The van der Waals surface area contributed by atoms with Crippen molar-refractivity contribution in [3.63, 3.8) is 0 Å². The number of hydrogen-bond acceptors (Lipinski definition) is 0. The Hall–Kier alpha value is 0.753. The molecule has 0 nitrogen and oxygen atoms in total. The molecular formula is C11H22Zr+2. The molecule has 0 saturated carbocycles. The first-order valence-corrected chi connectivity index (χ1v) is 6.50. The van der Waals surface area contributed by atoms with Gasteiger partial charge < -0.3 is 0 Å². The molecule has 0 aromatic heterocycles. The van der Waals surface area contributed by atoms with E-state index in [1.165, 1.54) is 38.5 Å². The molecule has 12 heavy (non-hydrogen) atoms. The van der Waals surface area contributed by atoms with Crippen LogP contribution in [0.1, 0.15) is 59.3 Å². The van der Waals surface area contributed by atoms with Crippen LogP contribution < -0.4 is 0 Å². The van der Waals surface area contributed by atoms with Crippen LogP contribution >= 0.6 is 0 Å². The Labute approximate surface area is 92.5 Å². The zero-order valence-electron chi connectivity index (χ0n) is 8.82. The van der Waals surface area contributed by atoms with Gasteiger partial charge in [-0.3, -0.25) is 0 Å². The van der Waals surface area contributed by atoms with Gasteiger partial charge in [0.15, 0.2) is 0 Å². The SMILES string of the molecule is CCCCC(CCCC)[C](C)=[Zr+2]. The Morgan fingerprint density at radius 2 is 1.50 bits per heavy atom. The number of unbranched alkanes of at least 4 members (excludes halogenated alkanes) is 2. The van der Waals surface area contributed by atoms with E-state index in [0.717, 1.165) is 5.92 Å². The summed E-state index contributed by atoms with van der Waals surface area (Å²) in [4.78, 5) is 0. The van der Waals surface area contributed by atoms with E-state index in [1.807, 2.05) is 0 Å². The van der Waals surface area contributed by atoms with Crippen molar-refractivity contribution >= 4 is 3.21 Å². The average molecular weight is 246 g/mol. The molecule has 0 aliphatic heterocycles. The summed E-state index contributed by atoms with van der Waals surface area (Å²) < 4.78 is 1.73. The van der Waals surface area contributed by atoms with Gasteiger partial charge >= 0.3 is 92.7 Å². The van der Waals surface area contributed by atoms with E-state index in [0.29, 0.717) is 0 Å². The first-order valence-electron chi connectivity index (χ1n) is 5.27. The summed E-state index contributed by atoms with van der Waals surface area (Å²) in [5.74, 6) is 0.947. The van der Waals surface area contributed by atoms with Crippen LogP contribution in [-0.2, 0) is 24.2 Å². The van der Waals surface area contributed by atoms with E-state index < -0.39 is 0 Å². The summed E-state index contributed by atoms with van der Waals surface area (Å²) >= 11 is 1.65. The van der Waals surface area contributed by atoms with E-state index in [2.05, 4.69) is 20.8 Å². The van der Waals surface area contributed by atoms with Crippen LogP contribution in [0, 0.1) is 5.92 Å². The van der Waals surface area contributed by atoms with E-state index in [4.69, 9.17) is 0 Å². The fraction of sp³-hybridized carbons (Fsp3) is 0.909. The molecule has 0 bridgehead atoms. The van der Waals surface area contributed by atoms with Crippen molar-refractivity contribution < 1.29 is 24.2 Å². The van der Waals surface area contributed by atoms with Gasteiger partial charge in [-0.2, -0.15) is 0 Å². The fourth-order valence-corrected chi connectivity index (χ4v) is 2.19. The summed E-state index contributed by atoms with van der Waals surface area (Å²) in [5, 5.41) is 0. The normalized spacial score (nSPS) is 10.8. The topological polar surface area (TPSA) is 0 Å². The Kier molecular flexibility index (Phi) is 8.88. The molecule has 0 spiro atoms. The third-order valence-electron chi connectivity index (χ3n) is 2.42. The van der Waals surface area contributed by atoms with Gasteiger partial charge in [-0.05, 0) is 0 Å². The van der Waals surface area contributed by atoms with Crippen LogP contribution in [0.25, 0.3) is 0 Å². The monoisotopic (exact) mass is 244 g/mol. The third kappa shape index (κ3) is 6.29. The van der Waals surface area contributed by atoms with E-state index in [-0.39, 0.29) is 0 Å². The molecule has 68 valence electrons. The molecule has 0 heterocycles. The molecule has 0 fully saturated rings. The van der Waals surface area contributed by atoms with Crippen LogP contribution in [0.5, 0.6) is 0 Å². The van der Waals surface area contributed by atoms with Crippen LogP contribution in [0.3, 0.4) is 0 Å². The van der Waals surface area contributed by atoms with E-state index in [1.54, 1.807) is 27.4 Å². The fourth-order valence-electron chi connectivity index (χ4n) is 1.48. The van der Waals surface area contributed by atoms with Crippen molar-refractivity contribution in [1.82, 2.24) is 0 Å². The van der Waals surface area contributed by atoms with Gasteiger partial charge in [-0.25, -0.2) is 0 Å². The molecule has 0 N–H and O–H groups in total. The van der Waals surface area contributed by atoms with Gasteiger partial charge in [0, 0.05) is 0 Å². The van der Waals surface area contributed by atoms with Crippen molar-refractivity contribution in [2.45, 2.75) is 59.3 Å². The first kappa shape index (κ1) is 12.8. The average Bonchev–Trinajstić information content (AvgIpc) is 2.04. The standard InChI is InChI=1S/C11H22.Zr/c1-4-7-9-11(6-3)10-8-5-2;/h11H,4-5,7-10H2,1-3H3;/q;+2. The van der Waals surface area contributed by atoms with Crippen molar-refractivity contribution in [3.05, 3.63) is 0 Å². The van der Waals surface area contributed by atoms with Crippen LogP contribution in [0.4, 0.5) is 0 Å². The summed E-state index contributed by atoms with van der Waals surface area (Å²) in [7, 11) is 0. The second-order valence-electron chi connectivity index (χ2n) is 3.66. The second kappa shape index (κ2) is 8.36. The maximum atomic E-state index is 2.33. The molecule has 1 heteroatoms.